The van der Waals surface area contributed by atoms with Crippen LogP contribution in [0.4, 0.5) is 5.69 Å². The van der Waals surface area contributed by atoms with Crippen LogP contribution in [0.3, 0.4) is 0 Å². The minimum atomic E-state index is -0.0312. The summed E-state index contributed by atoms with van der Waals surface area (Å²) in [5, 5.41) is 0. The second-order valence-electron chi connectivity index (χ2n) is 5.06. The first-order valence-corrected chi connectivity index (χ1v) is 7.21. The van der Waals surface area contributed by atoms with Gasteiger partial charge in [-0.3, -0.25) is 4.79 Å². The quantitative estimate of drug-likeness (QED) is 0.825. The van der Waals surface area contributed by atoms with Gasteiger partial charge in [-0.05, 0) is 49.7 Å². The molecule has 0 saturated carbocycles. The minimum Gasteiger partial charge on any atom is -0.491 e. The van der Waals surface area contributed by atoms with Gasteiger partial charge in [0.2, 0.25) is 0 Å². The number of hydrogen-bond acceptors (Lipinski definition) is 2. The molecule has 3 heteroatoms. The highest BCUT2D eigenvalue weighted by Gasteiger charge is 2.13. The molecule has 1 atom stereocenters. The first-order chi connectivity index (χ1) is 10.1. The molecule has 1 amide bonds. The molecule has 21 heavy (non-hydrogen) atoms. The van der Waals surface area contributed by atoms with Crippen LogP contribution in [0.2, 0.25) is 0 Å². The van der Waals surface area contributed by atoms with Gasteiger partial charge >= 0.3 is 0 Å². The zero-order chi connectivity index (χ0) is 15.2. The molecule has 0 spiro atoms. The van der Waals surface area contributed by atoms with Gasteiger partial charge in [0.1, 0.15) is 5.75 Å². The van der Waals surface area contributed by atoms with Gasteiger partial charge in [-0.2, -0.15) is 0 Å². The summed E-state index contributed by atoms with van der Waals surface area (Å²) >= 11 is 0. The number of hydrogen-bond donors (Lipinski definition) is 0. The Balaban J connectivity index is 2.09. The highest BCUT2D eigenvalue weighted by atomic mass is 16.5. The minimum absolute atomic E-state index is 0.0312. The molecular formula is C18H21NO2. The van der Waals surface area contributed by atoms with Gasteiger partial charge in [0.25, 0.3) is 5.91 Å². The molecule has 0 aromatic heterocycles. The Morgan fingerprint density at radius 2 is 1.71 bits per heavy atom. The van der Waals surface area contributed by atoms with Crippen molar-refractivity contribution in [2.24, 2.45) is 0 Å². The number of benzene rings is 2. The first kappa shape index (κ1) is 15.1. The number of anilines is 1. The lowest BCUT2D eigenvalue weighted by molar-refractivity contribution is 0.0993. The lowest BCUT2D eigenvalue weighted by Gasteiger charge is -2.18. The fourth-order valence-electron chi connectivity index (χ4n) is 1.95. The Kier molecular flexibility index (Phi) is 4.99. The molecule has 0 saturated heterocycles. The van der Waals surface area contributed by atoms with Crippen molar-refractivity contribution >= 4 is 11.6 Å². The van der Waals surface area contributed by atoms with E-state index < -0.39 is 0 Å². The molecule has 0 fully saturated rings. The summed E-state index contributed by atoms with van der Waals surface area (Å²) in [6, 6.07) is 16.9. The number of rotatable bonds is 5. The van der Waals surface area contributed by atoms with E-state index >= 15 is 0 Å². The van der Waals surface area contributed by atoms with Crippen molar-refractivity contribution in [3.63, 3.8) is 0 Å². The fourth-order valence-corrected chi connectivity index (χ4v) is 1.95. The Morgan fingerprint density at radius 1 is 1.10 bits per heavy atom. The van der Waals surface area contributed by atoms with E-state index in [0.29, 0.717) is 5.56 Å². The molecule has 0 unspecified atom stereocenters. The zero-order valence-electron chi connectivity index (χ0n) is 12.7. The third-order valence-corrected chi connectivity index (χ3v) is 3.46. The molecule has 0 aliphatic rings. The van der Waals surface area contributed by atoms with E-state index in [2.05, 4.69) is 6.92 Å². The van der Waals surface area contributed by atoms with E-state index in [4.69, 9.17) is 4.74 Å². The smallest absolute Gasteiger partial charge is 0.258 e. The molecule has 2 aromatic rings. The van der Waals surface area contributed by atoms with Gasteiger partial charge in [-0.15, -0.1) is 0 Å². The van der Waals surface area contributed by atoms with Crippen LogP contribution in [0.25, 0.3) is 0 Å². The lowest BCUT2D eigenvalue weighted by Crippen LogP contribution is -2.26. The van der Waals surface area contributed by atoms with Crippen LogP contribution < -0.4 is 9.64 Å². The molecule has 110 valence electrons. The van der Waals surface area contributed by atoms with Crippen LogP contribution in [0.15, 0.2) is 54.6 Å². The van der Waals surface area contributed by atoms with Crippen LogP contribution in [0.5, 0.6) is 5.75 Å². The van der Waals surface area contributed by atoms with Gasteiger partial charge in [-0.1, -0.05) is 25.1 Å². The summed E-state index contributed by atoms with van der Waals surface area (Å²) < 4.78 is 5.72. The molecular weight excluding hydrogens is 262 g/mol. The van der Waals surface area contributed by atoms with Gasteiger partial charge in [0.05, 0.1) is 6.10 Å². The van der Waals surface area contributed by atoms with Gasteiger partial charge in [-0.25, -0.2) is 0 Å². The zero-order valence-corrected chi connectivity index (χ0v) is 12.7. The average Bonchev–Trinajstić information content (AvgIpc) is 2.55. The molecule has 0 N–H and O–H groups in total. The van der Waals surface area contributed by atoms with Crippen LogP contribution in [0.1, 0.15) is 30.6 Å². The number of carbonyl (C=O) groups is 1. The normalized spacial score (nSPS) is 11.8. The van der Waals surface area contributed by atoms with Gasteiger partial charge in [0.15, 0.2) is 0 Å². The van der Waals surface area contributed by atoms with E-state index in [0.717, 1.165) is 17.9 Å². The van der Waals surface area contributed by atoms with E-state index in [1.54, 1.807) is 24.1 Å². The number of carbonyl (C=O) groups excluding carboxylic acids is 1. The standard InChI is InChI=1S/C18H21NO2/c1-4-14(2)21-17-12-10-15(11-13-17)18(20)19(3)16-8-6-5-7-9-16/h5-14H,4H2,1-3H3/t14-/m1/s1. The SMILES string of the molecule is CC[C@@H](C)Oc1ccc(C(=O)N(C)c2ccccc2)cc1. The van der Waals surface area contributed by atoms with Crippen LogP contribution >= 0.6 is 0 Å². The number of para-hydroxylation sites is 1. The molecule has 3 nitrogen and oxygen atoms in total. The lowest BCUT2D eigenvalue weighted by atomic mass is 10.2. The summed E-state index contributed by atoms with van der Waals surface area (Å²) in [5.41, 5.74) is 1.53. The highest BCUT2D eigenvalue weighted by Crippen LogP contribution is 2.18. The molecule has 2 rings (SSSR count). The molecule has 2 aromatic carbocycles. The summed E-state index contributed by atoms with van der Waals surface area (Å²) in [6.45, 7) is 4.11. The van der Waals surface area contributed by atoms with Crippen molar-refractivity contribution in [3.8, 4) is 5.75 Å². The predicted octanol–water partition coefficient (Wildman–Crippen LogP) is 4.14. The van der Waals surface area contributed by atoms with Gasteiger partial charge < -0.3 is 9.64 Å². The van der Waals surface area contributed by atoms with Crippen molar-refractivity contribution in [2.45, 2.75) is 26.4 Å². The Labute approximate surface area is 126 Å². The number of ether oxygens (including phenoxy) is 1. The summed E-state index contributed by atoms with van der Waals surface area (Å²) in [6.07, 6.45) is 1.13. The summed E-state index contributed by atoms with van der Waals surface area (Å²) in [7, 11) is 1.78. The van der Waals surface area contributed by atoms with E-state index in [1.165, 1.54) is 0 Å². The van der Waals surface area contributed by atoms with E-state index in [-0.39, 0.29) is 12.0 Å². The van der Waals surface area contributed by atoms with Crippen LogP contribution in [-0.2, 0) is 0 Å². The Hall–Kier alpha value is -2.29. The van der Waals surface area contributed by atoms with Crippen molar-refractivity contribution in [2.75, 3.05) is 11.9 Å². The summed E-state index contributed by atoms with van der Waals surface area (Å²) in [5.74, 6) is 0.763. The topological polar surface area (TPSA) is 29.5 Å². The van der Waals surface area contributed by atoms with Crippen LogP contribution in [-0.4, -0.2) is 19.1 Å². The van der Waals surface area contributed by atoms with Crippen molar-refractivity contribution in [3.05, 3.63) is 60.2 Å². The largest absolute Gasteiger partial charge is 0.491 e. The maximum absolute atomic E-state index is 12.4. The maximum Gasteiger partial charge on any atom is 0.258 e. The van der Waals surface area contributed by atoms with Crippen molar-refractivity contribution in [1.29, 1.82) is 0 Å². The van der Waals surface area contributed by atoms with Crippen molar-refractivity contribution in [1.82, 2.24) is 0 Å². The summed E-state index contributed by atoms with van der Waals surface area (Å²) in [4.78, 5) is 14.1. The third-order valence-electron chi connectivity index (χ3n) is 3.46. The van der Waals surface area contributed by atoms with E-state index in [1.807, 2.05) is 49.4 Å². The Bertz CT molecular complexity index is 578. The molecule has 0 heterocycles. The molecule has 0 aliphatic carbocycles. The van der Waals surface area contributed by atoms with Crippen LogP contribution in [0, 0.1) is 0 Å². The fraction of sp³-hybridized carbons (Fsp3) is 0.278. The van der Waals surface area contributed by atoms with E-state index in [9.17, 15) is 4.79 Å². The highest BCUT2D eigenvalue weighted by molar-refractivity contribution is 6.05. The second kappa shape index (κ2) is 6.93. The number of nitrogens with zero attached hydrogens (tertiary/aromatic N) is 1. The maximum atomic E-state index is 12.4. The monoisotopic (exact) mass is 283 g/mol. The second-order valence-corrected chi connectivity index (χ2v) is 5.06. The number of amides is 1. The Morgan fingerprint density at radius 3 is 2.29 bits per heavy atom. The van der Waals surface area contributed by atoms with Gasteiger partial charge in [0, 0.05) is 18.3 Å². The molecule has 0 bridgehead atoms. The van der Waals surface area contributed by atoms with Crippen molar-refractivity contribution < 1.29 is 9.53 Å². The predicted molar refractivity (Wildman–Crippen MR) is 86.0 cm³/mol. The third kappa shape index (κ3) is 3.85. The average molecular weight is 283 g/mol. The first-order valence-electron chi connectivity index (χ1n) is 7.21. The molecule has 0 aliphatic heterocycles. The molecule has 0 radical (unpaired) electrons.